The zero-order valence-electron chi connectivity index (χ0n) is 8.66. The van der Waals surface area contributed by atoms with Crippen molar-refractivity contribution in [2.75, 3.05) is 13.2 Å². The molecule has 1 saturated heterocycles. The molecule has 0 N–H and O–H groups in total. The van der Waals surface area contributed by atoms with Gasteiger partial charge in [-0.05, 0) is 0 Å². The van der Waals surface area contributed by atoms with Crippen LogP contribution in [0.4, 0.5) is 13.2 Å². The van der Waals surface area contributed by atoms with Crippen LogP contribution in [0.5, 0.6) is 0 Å². The van der Waals surface area contributed by atoms with E-state index in [0.29, 0.717) is 18.8 Å². The van der Waals surface area contributed by atoms with Gasteiger partial charge in [-0.2, -0.15) is 13.2 Å². The van der Waals surface area contributed by atoms with Crippen LogP contribution in [0.15, 0.2) is 24.3 Å². The van der Waals surface area contributed by atoms with Gasteiger partial charge in [0.2, 0.25) is 0 Å². The number of carbonyl (C=O) groups excluding carboxylic acids is 1. The summed E-state index contributed by atoms with van der Waals surface area (Å²) in [6.45, 7) is 0.905. The van der Waals surface area contributed by atoms with Crippen molar-refractivity contribution in [3.8, 4) is 0 Å². The average Bonchev–Trinajstić information content (AvgIpc) is 2.80. The van der Waals surface area contributed by atoms with Crippen molar-refractivity contribution in [2.45, 2.75) is 12.5 Å². The van der Waals surface area contributed by atoms with Crippen molar-refractivity contribution in [2.24, 2.45) is 0 Å². The number of rotatable bonds is 2. The Morgan fingerprint density at radius 3 is 2.12 bits per heavy atom. The molecule has 17 heavy (non-hydrogen) atoms. The van der Waals surface area contributed by atoms with E-state index in [1.807, 2.05) is 0 Å². The molecule has 1 aliphatic heterocycles. The Balaban J connectivity index is 2.15. The summed E-state index contributed by atoms with van der Waals surface area (Å²) in [7, 11) is 0. The smallest absolute Gasteiger partial charge is 0.346 e. The van der Waals surface area contributed by atoms with Gasteiger partial charge in [-0.15, -0.1) is 0 Å². The molecule has 0 atom stereocenters. The van der Waals surface area contributed by atoms with Gasteiger partial charge in [-0.1, -0.05) is 24.3 Å². The number of alkyl halides is 3. The lowest BCUT2D eigenvalue weighted by molar-refractivity contribution is -0.0885. The Morgan fingerprint density at radius 2 is 1.65 bits per heavy atom. The summed E-state index contributed by atoms with van der Waals surface area (Å²) in [5, 5.41) is 0. The Kier molecular flexibility index (Phi) is 3.17. The molecule has 92 valence electrons. The number of Topliss-reactive ketones (excluding diaryl/α,β-unsaturated/α-hetero) is 1. The summed E-state index contributed by atoms with van der Waals surface area (Å²) in [5.74, 6) is -1.85. The van der Waals surface area contributed by atoms with Crippen LogP contribution in [0.2, 0.25) is 0 Å². The van der Waals surface area contributed by atoms with Gasteiger partial charge in [-0.25, -0.2) is 0 Å². The third kappa shape index (κ3) is 2.65. The summed E-state index contributed by atoms with van der Waals surface area (Å²) in [4.78, 5) is 10.9. The maximum Gasteiger partial charge on any atom is 0.454 e. The van der Waals surface area contributed by atoms with Crippen molar-refractivity contribution in [3.63, 3.8) is 0 Å². The highest BCUT2D eigenvalue weighted by molar-refractivity contribution is 6.00. The number of halogens is 3. The minimum absolute atomic E-state index is 0.390. The van der Waals surface area contributed by atoms with Crippen molar-refractivity contribution in [1.29, 1.82) is 0 Å². The quantitative estimate of drug-likeness (QED) is 0.752. The van der Waals surface area contributed by atoms with Crippen LogP contribution >= 0.6 is 0 Å². The Labute approximate surface area is 95.1 Å². The molecule has 1 fully saturated rings. The molecule has 0 radical (unpaired) electrons. The zero-order valence-corrected chi connectivity index (χ0v) is 8.66. The first-order chi connectivity index (χ1) is 7.98. The van der Waals surface area contributed by atoms with E-state index in [-0.39, 0.29) is 5.56 Å². The number of hydrogen-bond donors (Lipinski definition) is 0. The van der Waals surface area contributed by atoms with Gasteiger partial charge in [0, 0.05) is 11.1 Å². The van der Waals surface area contributed by atoms with Crippen LogP contribution in [0, 0.1) is 0 Å². The highest BCUT2D eigenvalue weighted by Crippen LogP contribution is 2.25. The minimum atomic E-state index is -4.85. The molecule has 0 aromatic heterocycles. The second kappa shape index (κ2) is 4.46. The highest BCUT2D eigenvalue weighted by Gasteiger charge is 2.39. The molecule has 3 nitrogen and oxygen atoms in total. The van der Waals surface area contributed by atoms with Crippen LogP contribution in [-0.2, 0) is 9.47 Å². The van der Waals surface area contributed by atoms with Gasteiger partial charge in [-0.3, -0.25) is 4.79 Å². The number of hydrogen-bond acceptors (Lipinski definition) is 3. The first-order valence-corrected chi connectivity index (χ1v) is 4.93. The molecule has 1 heterocycles. The summed E-state index contributed by atoms with van der Waals surface area (Å²) in [6.07, 6.45) is -5.40. The molecule has 0 spiro atoms. The van der Waals surface area contributed by atoms with Crippen LogP contribution in [-0.4, -0.2) is 25.2 Å². The predicted octanol–water partition coefficient (Wildman–Crippen LogP) is 2.48. The van der Waals surface area contributed by atoms with Crippen LogP contribution in [0.25, 0.3) is 0 Å². The highest BCUT2D eigenvalue weighted by atomic mass is 19.4. The standard InChI is InChI=1S/C11H9F3O3/c12-11(13,14)9(15)7-1-3-8(4-2-7)10-16-5-6-17-10/h1-4,10H,5-6H2. The van der Waals surface area contributed by atoms with Gasteiger partial charge in [0.25, 0.3) is 5.78 Å². The van der Waals surface area contributed by atoms with E-state index in [4.69, 9.17) is 9.47 Å². The molecule has 0 bridgehead atoms. The molecule has 1 aromatic rings. The Hall–Kier alpha value is -1.40. The number of ketones is 1. The maximum absolute atomic E-state index is 12.1. The molecular weight excluding hydrogens is 237 g/mol. The van der Waals surface area contributed by atoms with Crippen molar-refractivity contribution >= 4 is 5.78 Å². The summed E-state index contributed by atoms with van der Waals surface area (Å²) >= 11 is 0. The Bertz CT molecular complexity index is 405. The zero-order chi connectivity index (χ0) is 12.5. The van der Waals surface area contributed by atoms with Crippen molar-refractivity contribution in [3.05, 3.63) is 35.4 Å². The van der Waals surface area contributed by atoms with Crippen LogP contribution < -0.4 is 0 Å². The van der Waals surface area contributed by atoms with E-state index >= 15 is 0 Å². The fourth-order valence-corrected chi connectivity index (χ4v) is 1.51. The fraction of sp³-hybridized carbons (Fsp3) is 0.364. The van der Waals surface area contributed by atoms with Crippen LogP contribution in [0.1, 0.15) is 22.2 Å². The number of ether oxygens (including phenoxy) is 2. The first-order valence-electron chi connectivity index (χ1n) is 4.93. The van der Waals surface area contributed by atoms with E-state index in [1.54, 1.807) is 0 Å². The molecule has 0 saturated carbocycles. The SMILES string of the molecule is O=C(c1ccc(C2OCCO2)cc1)C(F)(F)F. The van der Waals surface area contributed by atoms with Gasteiger partial charge >= 0.3 is 6.18 Å². The lowest BCUT2D eigenvalue weighted by Gasteiger charge is -2.10. The number of benzene rings is 1. The molecular formula is C11H9F3O3. The monoisotopic (exact) mass is 246 g/mol. The molecule has 2 rings (SSSR count). The predicted molar refractivity (Wildman–Crippen MR) is 51.5 cm³/mol. The first kappa shape index (κ1) is 12.1. The summed E-state index contributed by atoms with van der Waals surface area (Å²) < 4.78 is 46.8. The normalized spacial score (nSPS) is 17.4. The van der Waals surface area contributed by atoms with Gasteiger partial charge in [0.05, 0.1) is 13.2 Å². The van der Waals surface area contributed by atoms with Crippen molar-refractivity contribution in [1.82, 2.24) is 0 Å². The van der Waals surface area contributed by atoms with Gasteiger partial charge in [0.1, 0.15) is 0 Å². The fourth-order valence-electron chi connectivity index (χ4n) is 1.51. The van der Waals surface area contributed by atoms with Gasteiger partial charge in [0.15, 0.2) is 6.29 Å². The number of carbonyl (C=O) groups is 1. The molecule has 0 amide bonds. The third-order valence-corrected chi connectivity index (χ3v) is 2.32. The second-order valence-corrected chi connectivity index (χ2v) is 3.52. The van der Waals surface area contributed by atoms with Crippen LogP contribution in [0.3, 0.4) is 0 Å². The molecule has 1 aliphatic rings. The van der Waals surface area contributed by atoms with Gasteiger partial charge < -0.3 is 9.47 Å². The lowest BCUT2D eigenvalue weighted by atomic mass is 10.1. The maximum atomic E-state index is 12.1. The van der Waals surface area contributed by atoms with E-state index in [2.05, 4.69) is 0 Å². The average molecular weight is 246 g/mol. The van der Waals surface area contributed by atoms with E-state index in [1.165, 1.54) is 12.1 Å². The Morgan fingerprint density at radius 1 is 1.12 bits per heavy atom. The molecule has 0 aliphatic carbocycles. The molecule has 1 aromatic carbocycles. The third-order valence-electron chi connectivity index (χ3n) is 2.32. The largest absolute Gasteiger partial charge is 0.454 e. The molecule has 0 unspecified atom stereocenters. The topological polar surface area (TPSA) is 35.5 Å². The van der Waals surface area contributed by atoms with E-state index < -0.39 is 18.2 Å². The summed E-state index contributed by atoms with van der Waals surface area (Å²) in [6, 6.07) is 5.04. The lowest BCUT2D eigenvalue weighted by Crippen LogP contribution is -2.22. The van der Waals surface area contributed by atoms with E-state index in [9.17, 15) is 18.0 Å². The second-order valence-electron chi connectivity index (χ2n) is 3.52. The molecule has 6 heteroatoms. The summed E-state index contributed by atoms with van der Waals surface area (Å²) in [5.41, 5.74) is 0.209. The minimum Gasteiger partial charge on any atom is -0.346 e. The van der Waals surface area contributed by atoms with Crippen molar-refractivity contribution < 1.29 is 27.4 Å². The van der Waals surface area contributed by atoms with E-state index in [0.717, 1.165) is 12.1 Å².